The lowest BCUT2D eigenvalue weighted by Gasteiger charge is -2.10. The van der Waals surface area contributed by atoms with E-state index in [1.165, 1.54) is 33.2 Å². The Labute approximate surface area is 163 Å². The maximum atomic E-state index is 7.37. The molecule has 1 aliphatic carbocycles. The van der Waals surface area contributed by atoms with Crippen molar-refractivity contribution in [2.75, 3.05) is 0 Å². The molecule has 1 heterocycles. The van der Waals surface area contributed by atoms with Crippen molar-refractivity contribution in [1.29, 1.82) is 0 Å². The first-order chi connectivity index (χ1) is 13.8. The van der Waals surface area contributed by atoms with Gasteiger partial charge < -0.3 is 4.57 Å². The minimum atomic E-state index is 0.679. The van der Waals surface area contributed by atoms with Gasteiger partial charge in [-0.15, -0.1) is 0 Å². The third-order valence-corrected chi connectivity index (χ3v) is 5.83. The summed E-state index contributed by atoms with van der Waals surface area (Å²) in [6.07, 6.45) is 1.01. The summed E-state index contributed by atoms with van der Waals surface area (Å²) in [7, 11) is 0. The number of para-hydroxylation sites is 1. The number of hydrogen-bond donors (Lipinski definition) is 0. The summed E-state index contributed by atoms with van der Waals surface area (Å²) in [6, 6.07) is 29.9. The van der Waals surface area contributed by atoms with Crippen LogP contribution in [-0.4, -0.2) is 4.57 Å². The molecule has 2 heteroatoms. The first-order valence-electron chi connectivity index (χ1n) is 9.46. The van der Waals surface area contributed by atoms with E-state index < -0.39 is 0 Å². The van der Waals surface area contributed by atoms with Gasteiger partial charge in [0.05, 0.1) is 17.6 Å². The van der Waals surface area contributed by atoms with Gasteiger partial charge in [0.15, 0.2) is 5.69 Å². The summed E-state index contributed by atoms with van der Waals surface area (Å²) in [5.74, 6) is 0. The van der Waals surface area contributed by atoms with Crippen LogP contribution in [0.3, 0.4) is 0 Å². The highest BCUT2D eigenvalue weighted by atomic mass is 15.0. The molecule has 130 valence electrons. The van der Waals surface area contributed by atoms with Crippen molar-refractivity contribution < 1.29 is 0 Å². The fourth-order valence-electron chi connectivity index (χ4n) is 4.56. The Kier molecular flexibility index (Phi) is 3.04. The molecule has 4 aromatic carbocycles. The Morgan fingerprint density at radius 2 is 1.46 bits per heavy atom. The SMILES string of the molecule is [C-]#[N+]c1ccc2c(c1)c1ccccc1n2-c1ccc2c(c1)-c1ccccc1C2. The molecule has 0 spiro atoms. The highest BCUT2D eigenvalue weighted by molar-refractivity contribution is 6.10. The number of rotatable bonds is 1. The molecule has 0 fully saturated rings. The van der Waals surface area contributed by atoms with Crippen LogP contribution in [0, 0.1) is 6.57 Å². The third-order valence-electron chi connectivity index (χ3n) is 5.83. The molecular weight excluding hydrogens is 340 g/mol. The quantitative estimate of drug-likeness (QED) is 0.283. The number of benzene rings is 4. The molecule has 28 heavy (non-hydrogen) atoms. The van der Waals surface area contributed by atoms with Crippen LogP contribution < -0.4 is 0 Å². The van der Waals surface area contributed by atoms with Crippen molar-refractivity contribution in [1.82, 2.24) is 4.57 Å². The Morgan fingerprint density at radius 3 is 2.39 bits per heavy atom. The minimum Gasteiger partial charge on any atom is -0.309 e. The molecule has 1 aromatic heterocycles. The van der Waals surface area contributed by atoms with Gasteiger partial charge >= 0.3 is 0 Å². The zero-order valence-electron chi connectivity index (χ0n) is 15.2. The van der Waals surface area contributed by atoms with E-state index in [4.69, 9.17) is 6.57 Å². The smallest absolute Gasteiger partial charge is 0.188 e. The average Bonchev–Trinajstić information content (AvgIpc) is 3.28. The van der Waals surface area contributed by atoms with E-state index in [0.717, 1.165) is 23.0 Å². The lowest BCUT2D eigenvalue weighted by atomic mass is 10.1. The van der Waals surface area contributed by atoms with Gasteiger partial charge in [-0.05, 0) is 64.4 Å². The van der Waals surface area contributed by atoms with E-state index in [1.807, 2.05) is 12.1 Å². The predicted molar refractivity (Wildman–Crippen MR) is 115 cm³/mol. The zero-order valence-corrected chi connectivity index (χ0v) is 15.2. The van der Waals surface area contributed by atoms with Crippen LogP contribution in [-0.2, 0) is 6.42 Å². The van der Waals surface area contributed by atoms with Crippen LogP contribution in [0.25, 0.3) is 43.5 Å². The molecule has 5 aromatic rings. The van der Waals surface area contributed by atoms with E-state index in [0.29, 0.717) is 5.69 Å². The summed E-state index contributed by atoms with van der Waals surface area (Å²) < 4.78 is 2.32. The van der Waals surface area contributed by atoms with Gasteiger partial charge in [0.2, 0.25) is 0 Å². The van der Waals surface area contributed by atoms with Crippen molar-refractivity contribution in [3.8, 4) is 16.8 Å². The molecule has 0 radical (unpaired) electrons. The fourth-order valence-corrected chi connectivity index (χ4v) is 4.56. The molecule has 0 amide bonds. The molecule has 0 aliphatic heterocycles. The number of aromatic nitrogens is 1. The third kappa shape index (κ3) is 2.02. The summed E-state index contributed by atoms with van der Waals surface area (Å²) in [4.78, 5) is 3.62. The maximum Gasteiger partial charge on any atom is 0.188 e. The van der Waals surface area contributed by atoms with E-state index in [-0.39, 0.29) is 0 Å². The second-order valence-corrected chi connectivity index (χ2v) is 7.34. The van der Waals surface area contributed by atoms with E-state index >= 15 is 0 Å². The van der Waals surface area contributed by atoms with Crippen molar-refractivity contribution in [2.24, 2.45) is 0 Å². The standard InChI is InChI=1S/C26H16N2/c1-27-19-11-13-26-24(15-19)22-8-4-5-9-25(22)28(26)20-12-10-18-14-17-6-2-3-7-21(17)23(18)16-20/h2-13,15-16H,14H2. The largest absolute Gasteiger partial charge is 0.309 e. The van der Waals surface area contributed by atoms with Crippen LogP contribution in [0.15, 0.2) is 84.9 Å². The monoisotopic (exact) mass is 356 g/mol. The van der Waals surface area contributed by atoms with E-state index in [1.54, 1.807) is 0 Å². The van der Waals surface area contributed by atoms with Crippen molar-refractivity contribution in [3.63, 3.8) is 0 Å². The summed E-state index contributed by atoms with van der Waals surface area (Å²) in [6.45, 7) is 7.37. The molecule has 2 nitrogen and oxygen atoms in total. The first kappa shape index (κ1) is 15.2. The van der Waals surface area contributed by atoms with Crippen LogP contribution >= 0.6 is 0 Å². The summed E-state index contributed by atoms with van der Waals surface area (Å²) in [5.41, 5.74) is 9.62. The molecule has 0 N–H and O–H groups in total. The van der Waals surface area contributed by atoms with Gasteiger partial charge in [-0.25, -0.2) is 4.85 Å². The van der Waals surface area contributed by atoms with Crippen molar-refractivity contribution >= 4 is 27.5 Å². The molecule has 0 saturated carbocycles. The molecule has 1 aliphatic rings. The number of hydrogen-bond acceptors (Lipinski definition) is 0. The number of fused-ring (bicyclic) bond motifs is 6. The van der Waals surface area contributed by atoms with Crippen LogP contribution in [0.4, 0.5) is 5.69 Å². The van der Waals surface area contributed by atoms with Gasteiger partial charge in [0, 0.05) is 11.1 Å². The molecule has 0 bridgehead atoms. The highest BCUT2D eigenvalue weighted by Gasteiger charge is 2.19. The summed E-state index contributed by atoms with van der Waals surface area (Å²) >= 11 is 0. The second kappa shape index (κ2) is 5.58. The van der Waals surface area contributed by atoms with Crippen LogP contribution in [0.1, 0.15) is 11.1 Å². The highest BCUT2D eigenvalue weighted by Crippen LogP contribution is 2.40. The predicted octanol–water partition coefficient (Wildman–Crippen LogP) is 6.91. The Morgan fingerprint density at radius 1 is 0.679 bits per heavy atom. The first-order valence-corrected chi connectivity index (χ1v) is 9.46. The fraction of sp³-hybridized carbons (Fsp3) is 0.0385. The molecule has 0 unspecified atom stereocenters. The van der Waals surface area contributed by atoms with Gasteiger partial charge in [-0.1, -0.05) is 54.6 Å². The topological polar surface area (TPSA) is 9.29 Å². The molecular formula is C26H16N2. The lowest BCUT2D eigenvalue weighted by molar-refractivity contribution is 1.17. The van der Waals surface area contributed by atoms with E-state index in [9.17, 15) is 0 Å². The molecule has 0 atom stereocenters. The van der Waals surface area contributed by atoms with Crippen molar-refractivity contribution in [2.45, 2.75) is 6.42 Å². The molecule has 6 rings (SSSR count). The lowest BCUT2D eigenvalue weighted by Crippen LogP contribution is -1.94. The van der Waals surface area contributed by atoms with Crippen LogP contribution in [0.2, 0.25) is 0 Å². The van der Waals surface area contributed by atoms with Gasteiger partial charge in [0.1, 0.15) is 0 Å². The van der Waals surface area contributed by atoms with Gasteiger partial charge in [0.25, 0.3) is 0 Å². The minimum absolute atomic E-state index is 0.679. The summed E-state index contributed by atoms with van der Waals surface area (Å²) in [5, 5.41) is 2.31. The Bertz CT molecular complexity index is 1450. The Balaban J connectivity index is 1.67. The Hall–Kier alpha value is -3.83. The van der Waals surface area contributed by atoms with Gasteiger partial charge in [-0.3, -0.25) is 0 Å². The number of nitrogens with zero attached hydrogens (tertiary/aromatic N) is 2. The normalized spacial score (nSPS) is 12.1. The van der Waals surface area contributed by atoms with E-state index in [2.05, 4.69) is 82.2 Å². The van der Waals surface area contributed by atoms with Crippen molar-refractivity contribution in [3.05, 3.63) is 107 Å². The average molecular weight is 356 g/mol. The van der Waals surface area contributed by atoms with Gasteiger partial charge in [-0.2, -0.15) is 0 Å². The maximum absolute atomic E-state index is 7.37. The zero-order chi connectivity index (χ0) is 18.7. The van der Waals surface area contributed by atoms with Crippen LogP contribution in [0.5, 0.6) is 0 Å². The molecule has 0 saturated heterocycles. The second-order valence-electron chi connectivity index (χ2n) is 7.34.